The Kier molecular flexibility index (Phi) is 5.05. The van der Waals surface area contributed by atoms with Crippen LogP contribution < -0.4 is 5.32 Å². The molecule has 2 aliphatic rings. The molecule has 1 heterocycles. The fourth-order valence-electron chi connectivity index (χ4n) is 3.08. The fraction of sp³-hybridized carbons (Fsp3) is 0.273. The van der Waals surface area contributed by atoms with Crippen LogP contribution in [-0.2, 0) is 4.74 Å². The van der Waals surface area contributed by atoms with Crippen molar-refractivity contribution in [3.63, 3.8) is 0 Å². The molecule has 0 bridgehead atoms. The SMILES string of the molecule is CC.COC(C1=CC(c2ccccc2)Nc2ccccc21)=C1CC1. The van der Waals surface area contributed by atoms with Crippen LogP contribution in [0.3, 0.4) is 0 Å². The second-order valence-electron chi connectivity index (χ2n) is 5.80. The van der Waals surface area contributed by atoms with Crippen molar-refractivity contribution in [3.8, 4) is 0 Å². The van der Waals surface area contributed by atoms with Gasteiger partial charge in [-0.2, -0.15) is 0 Å². The predicted octanol–water partition coefficient (Wildman–Crippen LogP) is 5.96. The number of nitrogens with one attached hydrogen (secondary N) is 1. The van der Waals surface area contributed by atoms with Crippen molar-refractivity contribution < 1.29 is 4.74 Å². The lowest BCUT2D eigenvalue weighted by Gasteiger charge is -2.27. The second kappa shape index (κ2) is 7.39. The number of anilines is 1. The Bertz CT molecular complexity index is 753. The number of para-hydroxylation sites is 1. The second-order valence-corrected chi connectivity index (χ2v) is 5.80. The van der Waals surface area contributed by atoms with Crippen LogP contribution in [0.25, 0.3) is 5.57 Å². The number of allylic oxidation sites excluding steroid dienone is 2. The monoisotopic (exact) mass is 319 g/mol. The van der Waals surface area contributed by atoms with Gasteiger partial charge < -0.3 is 10.1 Å². The standard InChI is InChI=1S/C20H19NO.C2H6/c1-22-20(15-11-12-15)17-13-19(14-7-3-2-4-8-14)21-18-10-6-5-9-16(17)18;1-2/h2-10,13,19,21H,11-12H2,1H3;1-2H3. The Hall–Kier alpha value is -2.48. The summed E-state index contributed by atoms with van der Waals surface area (Å²) in [5, 5.41) is 3.63. The Balaban J connectivity index is 0.000000815. The van der Waals surface area contributed by atoms with Gasteiger partial charge in [-0.25, -0.2) is 0 Å². The molecule has 2 aromatic carbocycles. The summed E-state index contributed by atoms with van der Waals surface area (Å²) >= 11 is 0. The molecule has 1 atom stereocenters. The van der Waals surface area contributed by atoms with E-state index in [9.17, 15) is 0 Å². The largest absolute Gasteiger partial charge is 0.496 e. The smallest absolute Gasteiger partial charge is 0.125 e. The number of methoxy groups -OCH3 is 1. The van der Waals surface area contributed by atoms with E-state index in [2.05, 4.69) is 66.0 Å². The number of hydrogen-bond acceptors (Lipinski definition) is 2. The predicted molar refractivity (Wildman–Crippen MR) is 102 cm³/mol. The first kappa shape index (κ1) is 16.4. The minimum atomic E-state index is 0.176. The first-order valence-corrected chi connectivity index (χ1v) is 8.76. The Morgan fingerprint density at radius 1 is 0.958 bits per heavy atom. The molecule has 1 unspecified atom stereocenters. The van der Waals surface area contributed by atoms with E-state index < -0.39 is 0 Å². The van der Waals surface area contributed by atoms with Gasteiger partial charge in [0.05, 0.1) is 13.2 Å². The maximum atomic E-state index is 5.74. The molecule has 24 heavy (non-hydrogen) atoms. The van der Waals surface area contributed by atoms with Crippen molar-refractivity contribution >= 4 is 11.3 Å². The third kappa shape index (κ3) is 3.23. The average molecular weight is 319 g/mol. The highest BCUT2D eigenvalue weighted by Crippen LogP contribution is 2.44. The number of benzene rings is 2. The number of hydrogen-bond donors (Lipinski definition) is 1. The van der Waals surface area contributed by atoms with Crippen LogP contribution >= 0.6 is 0 Å². The van der Waals surface area contributed by atoms with E-state index in [0.29, 0.717) is 0 Å². The molecule has 1 aliphatic carbocycles. The van der Waals surface area contributed by atoms with Crippen LogP contribution in [0, 0.1) is 0 Å². The minimum Gasteiger partial charge on any atom is -0.496 e. The molecule has 2 aromatic rings. The normalized spacial score (nSPS) is 17.5. The van der Waals surface area contributed by atoms with Crippen molar-refractivity contribution in [1.29, 1.82) is 0 Å². The molecule has 124 valence electrons. The summed E-state index contributed by atoms with van der Waals surface area (Å²) in [6.45, 7) is 4.00. The molecule has 0 saturated heterocycles. The zero-order valence-corrected chi connectivity index (χ0v) is 14.7. The summed E-state index contributed by atoms with van der Waals surface area (Å²) in [6.07, 6.45) is 4.61. The first-order valence-electron chi connectivity index (χ1n) is 8.76. The van der Waals surface area contributed by atoms with E-state index in [4.69, 9.17) is 4.74 Å². The van der Waals surface area contributed by atoms with Crippen molar-refractivity contribution in [2.24, 2.45) is 0 Å². The lowest BCUT2D eigenvalue weighted by atomic mass is 9.92. The fourth-order valence-corrected chi connectivity index (χ4v) is 3.08. The molecular formula is C22H25NO. The van der Waals surface area contributed by atoms with E-state index in [1.807, 2.05) is 13.8 Å². The van der Waals surface area contributed by atoms with Crippen LogP contribution in [0.2, 0.25) is 0 Å². The summed E-state index contributed by atoms with van der Waals surface area (Å²) in [5.41, 5.74) is 6.32. The van der Waals surface area contributed by atoms with Gasteiger partial charge in [0, 0.05) is 16.8 Å². The van der Waals surface area contributed by atoms with Gasteiger partial charge in [0.2, 0.25) is 0 Å². The van der Waals surface area contributed by atoms with E-state index in [0.717, 1.165) is 18.6 Å². The average Bonchev–Trinajstić information content (AvgIpc) is 3.50. The third-order valence-corrected chi connectivity index (χ3v) is 4.29. The van der Waals surface area contributed by atoms with Crippen molar-refractivity contribution in [3.05, 3.63) is 83.1 Å². The highest BCUT2D eigenvalue weighted by atomic mass is 16.5. The topological polar surface area (TPSA) is 21.3 Å². The lowest BCUT2D eigenvalue weighted by Crippen LogP contribution is -2.15. The molecule has 4 rings (SSSR count). The molecule has 1 N–H and O–H groups in total. The molecule has 1 fully saturated rings. The number of ether oxygens (including phenoxy) is 1. The molecule has 0 spiro atoms. The Labute approximate surface area is 144 Å². The van der Waals surface area contributed by atoms with Crippen molar-refractivity contribution in [2.75, 3.05) is 12.4 Å². The third-order valence-electron chi connectivity index (χ3n) is 4.29. The van der Waals surface area contributed by atoms with Crippen LogP contribution in [0.1, 0.15) is 43.9 Å². The van der Waals surface area contributed by atoms with E-state index in [1.54, 1.807) is 7.11 Å². The summed E-state index contributed by atoms with van der Waals surface area (Å²) in [7, 11) is 1.78. The zero-order valence-electron chi connectivity index (χ0n) is 14.7. The van der Waals surface area contributed by atoms with Crippen LogP contribution in [0.15, 0.2) is 72.0 Å². The lowest BCUT2D eigenvalue weighted by molar-refractivity contribution is 0.309. The zero-order chi connectivity index (χ0) is 16.9. The van der Waals surface area contributed by atoms with E-state index >= 15 is 0 Å². The number of rotatable bonds is 3. The van der Waals surface area contributed by atoms with Gasteiger partial charge in [-0.15, -0.1) is 0 Å². The van der Waals surface area contributed by atoms with Gasteiger partial charge in [0.15, 0.2) is 0 Å². The molecular weight excluding hydrogens is 294 g/mol. The minimum absolute atomic E-state index is 0.176. The van der Waals surface area contributed by atoms with E-state index in [1.165, 1.54) is 28.0 Å². The molecule has 1 aliphatic heterocycles. The molecule has 0 aromatic heterocycles. The maximum Gasteiger partial charge on any atom is 0.125 e. The summed E-state index contributed by atoms with van der Waals surface area (Å²) in [6, 6.07) is 19.2. The summed E-state index contributed by atoms with van der Waals surface area (Å²) < 4.78 is 5.74. The van der Waals surface area contributed by atoms with Crippen LogP contribution in [-0.4, -0.2) is 7.11 Å². The van der Waals surface area contributed by atoms with E-state index in [-0.39, 0.29) is 6.04 Å². The molecule has 2 heteroatoms. The summed E-state index contributed by atoms with van der Waals surface area (Å²) in [5.74, 6) is 1.06. The molecule has 0 amide bonds. The van der Waals surface area contributed by atoms with Gasteiger partial charge >= 0.3 is 0 Å². The van der Waals surface area contributed by atoms with Crippen LogP contribution in [0.4, 0.5) is 5.69 Å². The molecule has 1 saturated carbocycles. The highest BCUT2D eigenvalue weighted by Gasteiger charge is 2.27. The van der Waals surface area contributed by atoms with Gasteiger partial charge in [0.25, 0.3) is 0 Å². The van der Waals surface area contributed by atoms with Gasteiger partial charge in [-0.3, -0.25) is 0 Å². The van der Waals surface area contributed by atoms with Crippen molar-refractivity contribution in [1.82, 2.24) is 0 Å². The molecule has 2 nitrogen and oxygen atoms in total. The van der Waals surface area contributed by atoms with Gasteiger partial charge in [-0.1, -0.05) is 62.4 Å². The highest BCUT2D eigenvalue weighted by molar-refractivity contribution is 5.88. The van der Waals surface area contributed by atoms with Crippen molar-refractivity contribution in [2.45, 2.75) is 32.7 Å². The van der Waals surface area contributed by atoms with Crippen LogP contribution in [0.5, 0.6) is 0 Å². The maximum absolute atomic E-state index is 5.74. The first-order chi connectivity index (χ1) is 11.9. The quantitative estimate of drug-likeness (QED) is 0.705. The van der Waals surface area contributed by atoms with Gasteiger partial charge in [-0.05, 0) is 36.1 Å². The molecule has 0 radical (unpaired) electrons. The Morgan fingerprint density at radius 3 is 2.29 bits per heavy atom. The summed E-state index contributed by atoms with van der Waals surface area (Å²) in [4.78, 5) is 0. The Morgan fingerprint density at radius 2 is 1.62 bits per heavy atom. The van der Waals surface area contributed by atoms with Gasteiger partial charge in [0.1, 0.15) is 5.76 Å². The number of fused-ring (bicyclic) bond motifs is 1.